The minimum atomic E-state index is 0.106. The molecule has 2 atom stereocenters. The second-order valence-corrected chi connectivity index (χ2v) is 8.17. The summed E-state index contributed by atoms with van der Waals surface area (Å²) in [5.41, 5.74) is 4.27. The molecule has 1 aromatic heterocycles. The number of ether oxygens (including phenoxy) is 1. The van der Waals surface area contributed by atoms with Crippen LogP contribution in [0.1, 0.15) is 58.7 Å². The molecule has 3 aliphatic rings. The second-order valence-electron chi connectivity index (χ2n) is 8.17. The fraction of sp³-hybridized carbons (Fsp3) is 0.500. The predicted molar refractivity (Wildman–Crippen MR) is 106 cm³/mol. The van der Waals surface area contributed by atoms with Gasteiger partial charge in [-0.1, -0.05) is 0 Å². The molecule has 1 fully saturated rings. The first kappa shape index (κ1) is 17.6. The van der Waals surface area contributed by atoms with E-state index >= 15 is 0 Å². The fourth-order valence-corrected chi connectivity index (χ4v) is 4.56. The van der Waals surface area contributed by atoms with Gasteiger partial charge in [-0.25, -0.2) is 9.97 Å². The van der Waals surface area contributed by atoms with E-state index in [1.807, 2.05) is 29.3 Å². The van der Waals surface area contributed by atoms with E-state index in [0.29, 0.717) is 6.54 Å². The van der Waals surface area contributed by atoms with E-state index in [1.54, 1.807) is 0 Å². The Morgan fingerprint density at radius 3 is 3.18 bits per heavy atom. The molecule has 2 aromatic rings. The summed E-state index contributed by atoms with van der Waals surface area (Å²) in [6.07, 6.45) is 6.01. The van der Waals surface area contributed by atoms with Gasteiger partial charge in [-0.2, -0.15) is 0 Å². The number of rotatable bonds is 2. The van der Waals surface area contributed by atoms with Gasteiger partial charge in [0.25, 0.3) is 5.91 Å². The number of nitrogens with one attached hydrogen (secondary N) is 1. The van der Waals surface area contributed by atoms with E-state index in [9.17, 15) is 4.79 Å². The number of nitrogens with zero attached hydrogens (tertiary/aromatic N) is 3. The number of amides is 1. The Kier molecular flexibility index (Phi) is 4.51. The maximum atomic E-state index is 13.1. The van der Waals surface area contributed by atoms with Crippen molar-refractivity contribution in [2.75, 3.05) is 19.6 Å². The molecule has 6 heteroatoms. The molecule has 0 radical (unpaired) electrons. The van der Waals surface area contributed by atoms with E-state index in [-0.39, 0.29) is 17.9 Å². The first-order valence-electron chi connectivity index (χ1n) is 10.3. The number of hydrogen-bond donors (Lipinski definition) is 1. The molecule has 0 spiro atoms. The maximum absolute atomic E-state index is 13.1. The number of hydrogen-bond acceptors (Lipinski definition) is 5. The Bertz CT molecular complexity index is 913. The molecule has 0 aliphatic carbocycles. The van der Waals surface area contributed by atoms with Crippen LogP contribution in [0.3, 0.4) is 0 Å². The zero-order valence-corrected chi connectivity index (χ0v) is 16.3. The first-order valence-corrected chi connectivity index (χ1v) is 10.3. The van der Waals surface area contributed by atoms with Gasteiger partial charge in [0.05, 0.1) is 0 Å². The lowest BCUT2D eigenvalue weighted by molar-refractivity contribution is 0.0704. The lowest BCUT2D eigenvalue weighted by Gasteiger charge is -2.32. The number of fused-ring (bicyclic) bond motifs is 2. The van der Waals surface area contributed by atoms with Crippen molar-refractivity contribution in [3.05, 3.63) is 52.6 Å². The number of carbonyl (C=O) groups excluding carboxylic acids is 1. The van der Waals surface area contributed by atoms with E-state index in [4.69, 9.17) is 9.72 Å². The van der Waals surface area contributed by atoms with E-state index in [2.05, 4.69) is 17.2 Å². The first-order chi connectivity index (χ1) is 13.7. The minimum absolute atomic E-state index is 0.106. The summed E-state index contributed by atoms with van der Waals surface area (Å²) in [6.45, 7) is 5.38. The highest BCUT2D eigenvalue weighted by Gasteiger charge is 2.29. The van der Waals surface area contributed by atoms with Gasteiger partial charge in [0.2, 0.25) is 0 Å². The van der Waals surface area contributed by atoms with Crippen LogP contribution in [0.4, 0.5) is 0 Å². The predicted octanol–water partition coefficient (Wildman–Crippen LogP) is 2.47. The number of benzene rings is 1. The molecule has 28 heavy (non-hydrogen) atoms. The average Bonchev–Trinajstić information content (AvgIpc) is 3.12. The molecule has 3 aliphatic heterocycles. The van der Waals surface area contributed by atoms with Gasteiger partial charge in [0, 0.05) is 68.0 Å². The summed E-state index contributed by atoms with van der Waals surface area (Å²) in [5.74, 6) is 2.14. The topological polar surface area (TPSA) is 67.4 Å². The SMILES string of the molecule is CC1Cc2cc(C(=O)N3CCCC(c4ncc5c(n4)CCNC5)C3)ccc2O1. The van der Waals surface area contributed by atoms with Crippen LogP contribution in [0.25, 0.3) is 0 Å². The summed E-state index contributed by atoms with van der Waals surface area (Å²) in [5, 5.41) is 3.36. The summed E-state index contributed by atoms with van der Waals surface area (Å²) < 4.78 is 5.76. The Labute approximate surface area is 165 Å². The minimum Gasteiger partial charge on any atom is -0.490 e. The van der Waals surface area contributed by atoms with Crippen LogP contribution < -0.4 is 10.1 Å². The lowest BCUT2D eigenvalue weighted by Crippen LogP contribution is -2.39. The van der Waals surface area contributed by atoms with Crippen LogP contribution >= 0.6 is 0 Å². The number of carbonyl (C=O) groups is 1. The second kappa shape index (κ2) is 7.17. The van der Waals surface area contributed by atoms with Crippen molar-refractivity contribution in [3.8, 4) is 5.75 Å². The molecule has 1 aromatic carbocycles. The van der Waals surface area contributed by atoms with Crippen molar-refractivity contribution in [3.63, 3.8) is 0 Å². The smallest absolute Gasteiger partial charge is 0.253 e. The van der Waals surface area contributed by atoms with Gasteiger partial charge in [0.1, 0.15) is 17.7 Å². The van der Waals surface area contributed by atoms with Crippen LogP contribution in [0.2, 0.25) is 0 Å². The van der Waals surface area contributed by atoms with Crippen molar-refractivity contribution in [1.82, 2.24) is 20.2 Å². The molecule has 0 bridgehead atoms. The lowest BCUT2D eigenvalue weighted by atomic mass is 9.95. The molecule has 0 saturated carbocycles. The van der Waals surface area contributed by atoms with Gasteiger partial charge in [0.15, 0.2) is 0 Å². The van der Waals surface area contributed by atoms with Crippen molar-refractivity contribution >= 4 is 5.91 Å². The van der Waals surface area contributed by atoms with Crippen LogP contribution in [-0.2, 0) is 19.4 Å². The Hall–Kier alpha value is -2.47. The molecule has 1 N–H and O–H groups in total. The quantitative estimate of drug-likeness (QED) is 0.870. The summed E-state index contributed by atoms with van der Waals surface area (Å²) in [4.78, 5) is 24.6. The van der Waals surface area contributed by atoms with Crippen LogP contribution in [0.5, 0.6) is 5.75 Å². The Morgan fingerprint density at radius 1 is 1.32 bits per heavy atom. The van der Waals surface area contributed by atoms with Crippen molar-refractivity contribution in [2.45, 2.75) is 51.2 Å². The van der Waals surface area contributed by atoms with Gasteiger partial charge < -0.3 is 15.0 Å². The number of likely N-dealkylation sites (tertiary alicyclic amines) is 1. The van der Waals surface area contributed by atoms with Gasteiger partial charge in [-0.3, -0.25) is 4.79 Å². The Morgan fingerprint density at radius 2 is 2.25 bits per heavy atom. The summed E-state index contributed by atoms with van der Waals surface area (Å²) in [7, 11) is 0. The third kappa shape index (κ3) is 3.26. The number of aromatic nitrogens is 2. The molecule has 146 valence electrons. The molecule has 1 saturated heterocycles. The monoisotopic (exact) mass is 378 g/mol. The normalized spacial score (nSPS) is 23.7. The van der Waals surface area contributed by atoms with Crippen LogP contribution in [-0.4, -0.2) is 46.5 Å². The average molecular weight is 378 g/mol. The van der Waals surface area contributed by atoms with Gasteiger partial charge in [-0.05, 0) is 43.5 Å². The molecule has 1 amide bonds. The zero-order chi connectivity index (χ0) is 19.1. The third-order valence-corrected chi connectivity index (χ3v) is 6.04. The molecule has 2 unspecified atom stereocenters. The van der Waals surface area contributed by atoms with Crippen molar-refractivity contribution in [1.29, 1.82) is 0 Å². The van der Waals surface area contributed by atoms with Crippen LogP contribution in [0, 0.1) is 0 Å². The molecular weight excluding hydrogens is 352 g/mol. The van der Waals surface area contributed by atoms with E-state index in [0.717, 1.165) is 68.0 Å². The molecule has 6 nitrogen and oxygen atoms in total. The van der Waals surface area contributed by atoms with Gasteiger partial charge in [-0.15, -0.1) is 0 Å². The van der Waals surface area contributed by atoms with E-state index < -0.39 is 0 Å². The third-order valence-electron chi connectivity index (χ3n) is 6.04. The fourth-order valence-electron chi connectivity index (χ4n) is 4.56. The summed E-state index contributed by atoms with van der Waals surface area (Å²) >= 11 is 0. The highest BCUT2D eigenvalue weighted by molar-refractivity contribution is 5.94. The van der Waals surface area contributed by atoms with Crippen molar-refractivity contribution < 1.29 is 9.53 Å². The van der Waals surface area contributed by atoms with Gasteiger partial charge >= 0.3 is 0 Å². The van der Waals surface area contributed by atoms with Crippen molar-refractivity contribution in [2.24, 2.45) is 0 Å². The standard InChI is InChI=1S/C22H26N4O2/c1-14-9-17-10-15(4-5-20(17)28-14)22(27)26-8-2-3-16(13-26)21-24-12-18-11-23-7-6-19(18)25-21/h4-5,10,12,14,16,23H,2-3,6-9,11,13H2,1H3. The highest BCUT2D eigenvalue weighted by atomic mass is 16.5. The zero-order valence-electron chi connectivity index (χ0n) is 16.3. The summed E-state index contributed by atoms with van der Waals surface area (Å²) in [6, 6.07) is 5.84. The maximum Gasteiger partial charge on any atom is 0.253 e. The largest absolute Gasteiger partial charge is 0.490 e. The Balaban J connectivity index is 1.33. The number of piperidine rings is 1. The van der Waals surface area contributed by atoms with Crippen LogP contribution in [0.15, 0.2) is 24.4 Å². The molecular formula is C22H26N4O2. The highest BCUT2D eigenvalue weighted by Crippen LogP contribution is 2.31. The molecule has 4 heterocycles. The van der Waals surface area contributed by atoms with E-state index in [1.165, 1.54) is 11.3 Å². The molecule has 5 rings (SSSR count).